The number of amides is 1. The predicted molar refractivity (Wildman–Crippen MR) is 66.7 cm³/mol. The normalized spacial score (nSPS) is 10.8. The Morgan fingerprint density at radius 1 is 1.56 bits per heavy atom. The van der Waals surface area contributed by atoms with Crippen LogP contribution in [0.2, 0.25) is 0 Å². The molecule has 0 fully saturated rings. The zero-order chi connectivity index (χ0) is 12.0. The number of aromatic nitrogens is 1. The first-order valence-corrected chi connectivity index (χ1v) is 6.28. The zero-order valence-electron chi connectivity index (χ0n) is 10.1. The van der Waals surface area contributed by atoms with Gasteiger partial charge in [-0.3, -0.25) is 4.79 Å². The van der Waals surface area contributed by atoms with Gasteiger partial charge in [-0.15, -0.1) is 11.3 Å². The van der Waals surface area contributed by atoms with Gasteiger partial charge in [0.2, 0.25) is 5.91 Å². The first-order chi connectivity index (χ1) is 7.58. The number of aryl methyl sites for hydroxylation is 2. The number of likely N-dealkylation sites (N-methyl/N-ethyl adjacent to an activating group) is 1. The van der Waals surface area contributed by atoms with Crippen molar-refractivity contribution in [2.75, 3.05) is 27.2 Å². The maximum atomic E-state index is 11.5. The van der Waals surface area contributed by atoms with Gasteiger partial charge < -0.3 is 10.2 Å². The maximum absolute atomic E-state index is 11.5. The van der Waals surface area contributed by atoms with E-state index in [1.807, 2.05) is 31.3 Å². The second-order valence-electron chi connectivity index (χ2n) is 4.04. The summed E-state index contributed by atoms with van der Waals surface area (Å²) in [7, 11) is 3.98. The summed E-state index contributed by atoms with van der Waals surface area (Å²) in [5.41, 5.74) is 1.04. The summed E-state index contributed by atoms with van der Waals surface area (Å²) in [6.07, 6.45) is 1.27. The Balaban J connectivity index is 2.15. The second-order valence-corrected chi connectivity index (χ2v) is 4.98. The number of nitrogens with zero attached hydrogens (tertiary/aromatic N) is 2. The molecule has 0 unspecified atom stereocenters. The smallest absolute Gasteiger partial charge is 0.220 e. The van der Waals surface area contributed by atoms with Crippen molar-refractivity contribution in [2.45, 2.75) is 19.8 Å². The largest absolute Gasteiger partial charge is 0.355 e. The van der Waals surface area contributed by atoms with E-state index in [9.17, 15) is 4.79 Å². The number of hydrogen-bond donors (Lipinski definition) is 1. The van der Waals surface area contributed by atoms with Gasteiger partial charge in [0.25, 0.3) is 0 Å². The maximum Gasteiger partial charge on any atom is 0.220 e. The van der Waals surface area contributed by atoms with Gasteiger partial charge in [0.1, 0.15) is 0 Å². The molecule has 1 aromatic heterocycles. The monoisotopic (exact) mass is 241 g/mol. The molecule has 0 saturated carbocycles. The van der Waals surface area contributed by atoms with Crippen LogP contribution >= 0.6 is 11.3 Å². The molecule has 0 radical (unpaired) electrons. The average molecular weight is 241 g/mol. The van der Waals surface area contributed by atoms with Crippen LogP contribution < -0.4 is 5.32 Å². The lowest BCUT2D eigenvalue weighted by molar-refractivity contribution is -0.121. The molecular formula is C11H19N3OS. The molecule has 1 aromatic rings. The fourth-order valence-corrected chi connectivity index (χ4v) is 2.02. The highest BCUT2D eigenvalue weighted by molar-refractivity contribution is 7.09. The van der Waals surface area contributed by atoms with E-state index in [1.165, 1.54) is 0 Å². The molecule has 90 valence electrons. The predicted octanol–water partition coefficient (Wildman–Crippen LogP) is 1.06. The van der Waals surface area contributed by atoms with Crippen LogP contribution in [0, 0.1) is 6.92 Å². The fourth-order valence-electron chi connectivity index (χ4n) is 1.25. The number of rotatable bonds is 6. The number of nitrogens with one attached hydrogen (secondary N) is 1. The molecule has 0 bridgehead atoms. The molecule has 0 aliphatic carbocycles. The number of carbonyl (C=O) groups excluding carboxylic acids is 1. The Bertz CT molecular complexity index is 336. The van der Waals surface area contributed by atoms with Gasteiger partial charge >= 0.3 is 0 Å². The van der Waals surface area contributed by atoms with Gasteiger partial charge in [-0.2, -0.15) is 0 Å². The molecule has 0 atom stereocenters. The Kier molecular flexibility index (Phi) is 5.42. The highest BCUT2D eigenvalue weighted by atomic mass is 32.1. The van der Waals surface area contributed by atoms with E-state index in [1.54, 1.807) is 11.3 Å². The van der Waals surface area contributed by atoms with Gasteiger partial charge in [0.15, 0.2) is 0 Å². The lowest BCUT2D eigenvalue weighted by Gasteiger charge is -2.09. The Labute approximate surface area is 101 Å². The van der Waals surface area contributed by atoms with E-state index in [0.717, 1.165) is 23.7 Å². The van der Waals surface area contributed by atoms with Crippen molar-refractivity contribution in [3.8, 4) is 0 Å². The van der Waals surface area contributed by atoms with Crippen molar-refractivity contribution in [1.29, 1.82) is 0 Å². The Hall–Kier alpha value is -0.940. The zero-order valence-corrected chi connectivity index (χ0v) is 10.9. The van der Waals surface area contributed by atoms with Gasteiger partial charge in [0, 0.05) is 37.0 Å². The topological polar surface area (TPSA) is 45.2 Å². The van der Waals surface area contributed by atoms with Crippen LogP contribution in [0.15, 0.2) is 5.38 Å². The first-order valence-electron chi connectivity index (χ1n) is 5.40. The summed E-state index contributed by atoms with van der Waals surface area (Å²) in [5.74, 6) is 0.106. The van der Waals surface area contributed by atoms with Crippen LogP contribution in [-0.4, -0.2) is 43.0 Å². The van der Waals surface area contributed by atoms with Crippen molar-refractivity contribution < 1.29 is 4.79 Å². The molecule has 1 N–H and O–H groups in total. The Morgan fingerprint density at radius 2 is 2.31 bits per heavy atom. The van der Waals surface area contributed by atoms with E-state index < -0.39 is 0 Å². The highest BCUT2D eigenvalue weighted by Gasteiger charge is 2.04. The van der Waals surface area contributed by atoms with E-state index in [0.29, 0.717) is 13.0 Å². The van der Waals surface area contributed by atoms with Crippen LogP contribution in [0.3, 0.4) is 0 Å². The second kappa shape index (κ2) is 6.60. The minimum Gasteiger partial charge on any atom is -0.355 e. The van der Waals surface area contributed by atoms with Gasteiger partial charge in [0.05, 0.1) is 5.01 Å². The van der Waals surface area contributed by atoms with Gasteiger partial charge in [-0.1, -0.05) is 0 Å². The molecule has 1 heterocycles. The van der Waals surface area contributed by atoms with Gasteiger partial charge in [-0.05, 0) is 21.0 Å². The lowest BCUT2D eigenvalue weighted by Crippen LogP contribution is -2.31. The lowest BCUT2D eigenvalue weighted by atomic mass is 10.3. The first kappa shape index (κ1) is 13.1. The summed E-state index contributed by atoms with van der Waals surface area (Å²) >= 11 is 1.62. The van der Waals surface area contributed by atoms with Crippen LogP contribution in [0.4, 0.5) is 0 Å². The van der Waals surface area contributed by atoms with Crippen LogP contribution in [0.5, 0.6) is 0 Å². The molecule has 1 rings (SSSR count). The van der Waals surface area contributed by atoms with E-state index in [-0.39, 0.29) is 5.91 Å². The molecule has 4 nitrogen and oxygen atoms in total. The minimum absolute atomic E-state index is 0.106. The molecule has 16 heavy (non-hydrogen) atoms. The summed E-state index contributed by atoms with van der Waals surface area (Å²) in [4.78, 5) is 17.8. The van der Waals surface area contributed by atoms with E-state index in [2.05, 4.69) is 10.3 Å². The minimum atomic E-state index is 0.106. The fraction of sp³-hybridized carbons (Fsp3) is 0.636. The molecule has 0 aliphatic rings. The SMILES string of the molecule is Cc1csc(CCC(=O)NCCN(C)C)n1. The molecular weight excluding hydrogens is 222 g/mol. The number of carbonyl (C=O) groups is 1. The standard InChI is InChI=1S/C11H19N3OS/c1-9-8-16-11(13-9)5-4-10(15)12-6-7-14(2)3/h8H,4-7H2,1-3H3,(H,12,15). The summed E-state index contributed by atoms with van der Waals surface area (Å²) < 4.78 is 0. The van der Waals surface area contributed by atoms with E-state index in [4.69, 9.17) is 0 Å². The molecule has 1 amide bonds. The third-order valence-electron chi connectivity index (χ3n) is 2.11. The number of hydrogen-bond acceptors (Lipinski definition) is 4. The summed E-state index contributed by atoms with van der Waals surface area (Å²) in [6.45, 7) is 3.56. The van der Waals surface area contributed by atoms with Crippen LogP contribution in [0.25, 0.3) is 0 Å². The van der Waals surface area contributed by atoms with Crippen molar-refractivity contribution in [1.82, 2.24) is 15.2 Å². The van der Waals surface area contributed by atoms with Gasteiger partial charge in [-0.25, -0.2) is 4.98 Å². The quantitative estimate of drug-likeness (QED) is 0.810. The summed E-state index contributed by atoms with van der Waals surface area (Å²) in [6, 6.07) is 0. The van der Waals surface area contributed by atoms with Crippen LogP contribution in [-0.2, 0) is 11.2 Å². The molecule has 0 aromatic carbocycles. The van der Waals surface area contributed by atoms with Crippen LogP contribution in [0.1, 0.15) is 17.1 Å². The molecule has 5 heteroatoms. The van der Waals surface area contributed by atoms with Crippen molar-refractivity contribution in [3.63, 3.8) is 0 Å². The molecule has 0 aliphatic heterocycles. The number of thiazole rings is 1. The third-order valence-corrected chi connectivity index (χ3v) is 3.14. The van der Waals surface area contributed by atoms with Crippen molar-refractivity contribution >= 4 is 17.2 Å². The third kappa shape index (κ3) is 5.23. The molecule has 0 spiro atoms. The Morgan fingerprint density at radius 3 is 2.88 bits per heavy atom. The van der Waals surface area contributed by atoms with Crippen molar-refractivity contribution in [2.24, 2.45) is 0 Å². The average Bonchev–Trinajstić information content (AvgIpc) is 2.61. The summed E-state index contributed by atoms with van der Waals surface area (Å²) in [5, 5.41) is 5.94. The highest BCUT2D eigenvalue weighted by Crippen LogP contribution is 2.10. The van der Waals surface area contributed by atoms with Crippen molar-refractivity contribution in [3.05, 3.63) is 16.1 Å². The van der Waals surface area contributed by atoms with E-state index >= 15 is 0 Å². The molecule has 0 saturated heterocycles.